The van der Waals surface area contributed by atoms with Crippen molar-refractivity contribution in [1.82, 2.24) is 4.90 Å². The van der Waals surface area contributed by atoms with Gasteiger partial charge < -0.3 is 10.0 Å². The van der Waals surface area contributed by atoms with Crippen LogP contribution in [0.2, 0.25) is 0 Å². The van der Waals surface area contributed by atoms with Crippen molar-refractivity contribution < 1.29 is 9.90 Å². The molecule has 0 fully saturated rings. The Kier molecular flexibility index (Phi) is 6.79. The van der Waals surface area contributed by atoms with Crippen molar-refractivity contribution in [3.63, 3.8) is 0 Å². The second kappa shape index (κ2) is 8.37. The predicted molar refractivity (Wildman–Crippen MR) is 79.3 cm³/mol. The Morgan fingerprint density at radius 1 is 1.45 bits per heavy atom. The average molecular weight is 290 g/mol. The second-order valence-corrected chi connectivity index (χ2v) is 5.52. The van der Waals surface area contributed by atoms with Crippen LogP contribution in [0.25, 0.3) is 0 Å². The van der Waals surface area contributed by atoms with Gasteiger partial charge in [-0.3, -0.25) is 4.79 Å². The van der Waals surface area contributed by atoms with Crippen molar-refractivity contribution in [1.29, 1.82) is 5.26 Å². The van der Waals surface area contributed by atoms with Crippen molar-refractivity contribution in [3.8, 4) is 17.9 Å². The molecule has 0 unspecified atom stereocenters. The fourth-order valence-corrected chi connectivity index (χ4v) is 2.47. The minimum atomic E-state index is -0.0598. The molecule has 0 saturated heterocycles. The maximum Gasteiger partial charge on any atom is 0.264 e. The maximum absolute atomic E-state index is 12.4. The number of aliphatic hydroxyl groups is 1. The summed E-state index contributed by atoms with van der Waals surface area (Å²) in [6.07, 6.45) is 0.764. The Morgan fingerprint density at radius 2 is 2.20 bits per heavy atom. The number of nitriles is 1. The van der Waals surface area contributed by atoms with E-state index in [4.69, 9.17) is 10.4 Å². The van der Waals surface area contributed by atoms with Gasteiger partial charge in [-0.1, -0.05) is 11.8 Å². The number of hydrogen-bond acceptors (Lipinski definition) is 4. The minimum absolute atomic E-state index is 0.0411. The Morgan fingerprint density at radius 3 is 2.80 bits per heavy atom. The molecule has 20 heavy (non-hydrogen) atoms. The van der Waals surface area contributed by atoms with Crippen molar-refractivity contribution >= 4 is 17.2 Å². The van der Waals surface area contributed by atoms with Crippen LogP contribution in [-0.2, 0) is 0 Å². The molecule has 0 aromatic carbocycles. The number of carbonyl (C=O) groups excluding carboxylic acids is 1. The zero-order valence-electron chi connectivity index (χ0n) is 11.7. The van der Waals surface area contributed by atoms with Gasteiger partial charge in [-0.25, -0.2) is 0 Å². The van der Waals surface area contributed by atoms with Gasteiger partial charge in [0.05, 0.1) is 28.9 Å². The summed E-state index contributed by atoms with van der Waals surface area (Å²) in [6, 6.07) is 5.69. The second-order valence-electron chi connectivity index (χ2n) is 4.44. The standard InChI is InChI=1S/C15H18N2O2S/c1-12(2)17(10-5-9-16)15(19)14-8-7-13(20-14)6-3-4-11-18/h7-8,12,18H,4-5,10-11H2,1-2H3. The smallest absolute Gasteiger partial charge is 0.264 e. The molecule has 1 heterocycles. The van der Waals surface area contributed by atoms with E-state index in [0.29, 0.717) is 24.3 Å². The number of aliphatic hydroxyl groups excluding tert-OH is 1. The lowest BCUT2D eigenvalue weighted by atomic mass is 10.2. The number of thiophene rings is 1. The quantitative estimate of drug-likeness (QED) is 0.846. The van der Waals surface area contributed by atoms with Gasteiger partial charge in [-0.15, -0.1) is 11.3 Å². The van der Waals surface area contributed by atoms with Crippen molar-refractivity contribution in [2.24, 2.45) is 0 Å². The van der Waals surface area contributed by atoms with Crippen LogP contribution in [0.5, 0.6) is 0 Å². The highest BCUT2D eigenvalue weighted by atomic mass is 32.1. The van der Waals surface area contributed by atoms with Crippen LogP contribution in [0.1, 0.15) is 41.2 Å². The summed E-state index contributed by atoms with van der Waals surface area (Å²) in [5, 5.41) is 17.3. The molecule has 5 heteroatoms. The summed E-state index contributed by atoms with van der Waals surface area (Å²) >= 11 is 1.34. The zero-order chi connectivity index (χ0) is 15.0. The lowest BCUT2D eigenvalue weighted by Crippen LogP contribution is -2.37. The largest absolute Gasteiger partial charge is 0.395 e. The Bertz CT molecular complexity index is 546. The van der Waals surface area contributed by atoms with E-state index in [9.17, 15) is 4.79 Å². The van der Waals surface area contributed by atoms with Crippen LogP contribution in [0, 0.1) is 23.2 Å². The molecule has 0 atom stereocenters. The molecule has 0 aliphatic rings. The highest BCUT2D eigenvalue weighted by Crippen LogP contribution is 2.19. The van der Waals surface area contributed by atoms with E-state index in [1.54, 1.807) is 11.0 Å². The molecule has 1 rings (SSSR count). The first-order chi connectivity index (χ1) is 9.60. The summed E-state index contributed by atoms with van der Waals surface area (Å²) in [5.74, 6) is 5.69. The molecule has 0 aliphatic heterocycles. The summed E-state index contributed by atoms with van der Waals surface area (Å²) in [6.45, 7) is 4.35. The van der Waals surface area contributed by atoms with E-state index in [2.05, 4.69) is 17.9 Å². The Balaban J connectivity index is 2.81. The topological polar surface area (TPSA) is 64.3 Å². The molecule has 0 spiro atoms. The molecule has 0 saturated carbocycles. The highest BCUT2D eigenvalue weighted by Gasteiger charge is 2.19. The minimum Gasteiger partial charge on any atom is -0.395 e. The molecule has 1 N–H and O–H groups in total. The summed E-state index contributed by atoms with van der Waals surface area (Å²) in [4.78, 5) is 15.5. The summed E-state index contributed by atoms with van der Waals surface area (Å²) in [5.41, 5.74) is 0. The third kappa shape index (κ3) is 4.70. The van der Waals surface area contributed by atoms with E-state index in [1.807, 2.05) is 19.9 Å². The molecule has 1 amide bonds. The fraction of sp³-hybridized carbons (Fsp3) is 0.467. The molecule has 106 valence electrons. The van der Waals surface area contributed by atoms with E-state index in [-0.39, 0.29) is 18.6 Å². The fourth-order valence-electron chi connectivity index (χ4n) is 1.63. The predicted octanol–water partition coefficient (Wildman–Crippen LogP) is 2.25. The van der Waals surface area contributed by atoms with Gasteiger partial charge in [-0.2, -0.15) is 5.26 Å². The first-order valence-corrected chi connectivity index (χ1v) is 7.29. The van der Waals surface area contributed by atoms with Gasteiger partial charge in [0, 0.05) is 19.0 Å². The van der Waals surface area contributed by atoms with Crippen LogP contribution in [-0.4, -0.2) is 35.1 Å². The Hall–Kier alpha value is -1.82. The van der Waals surface area contributed by atoms with Crippen LogP contribution in [0.3, 0.4) is 0 Å². The van der Waals surface area contributed by atoms with Crippen molar-refractivity contribution in [2.45, 2.75) is 32.7 Å². The highest BCUT2D eigenvalue weighted by molar-refractivity contribution is 7.14. The van der Waals surface area contributed by atoms with E-state index in [1.165, 1.54) is 11.3 Å². The van der Waals surface area contributed by atoms with Gasteiger partial charge in [0.15, 0.2) is 0 Å². The lowest BCUT2D eigenvalue weighted by molar-refractivity contribution is 0.0715. The van der Waals surface area contributed by atoms with Crippen LogP contribution < -0.4 is 0 Å². The third-order valence-electron chi connectivity index (χ3n) is 2.61. The molecule has 0 bridgehead atoms. The van der Waals surface area contributed by atoms with Crippen molar-refractivity contribution in [2.75, 3.05) is 13.2 Å². The van der Waals surface area contributed by atoms with Crippen molar-refractivity contribution in [3.05, 3.63) is 21.9 Å². The average Bonchev–Trinajstić information content (AvgIpc) is 2.87. The molecular weight excluding hydrogens is 272 g/mol. The first-order valence-electron chi connectivity index (χ1n) is 6.47. The molecular formula is C15H18N2O2S. The number of hydrogen-bond donors (Lipinski definition) is 1. The number of amides is 1. The summed E-state index contributed by atoms with van der Waals surface area (Å²) in [7, 11) is 0. The molecule has 4 nitrogen and oxygen atoms in total. The summed E-state index contributed by atoms with van der Waals surface area (Å²) < 4.78 is 0. The number of nitrogens with zero attached hydrogens (tertiary/aromatic N) is 2. The number of carbonyl (C=O) groups is 1. The lowest BCUT2D eigenvalue weighted by Gasteiger charge is -2.25. The van der Waals surface area contributed by atoms with E-state index in [0.717, 1.165) is 4.88 Å². The van der Waals surface area contributed by atoms with Crippen LogP contribution >= 0.6 is 11.3 Å². The van der Waals surface area contributed by atoms with Gasteiger partial charge >= 0.3 is 0 Å². The van der Waals surface area contributed by atoms with Gasteiger partial charge in [-0.05, 0) is 26.0 Å². The van der Waals surface area contributed by atoms with Gasteiger partial charge in [0.2, 0.25) is 0 Å². The molecule has 0 aliphatic carbocycles. The van der Waals surface area contributed by atoms with E-state index < -0.39 is 0 Å². The molecule has 1 aromatic rings. The van der Waals surface area contributed by atoms with Crippen LogP contribution in [0.15, 0.2) is 12.1 Å². The SMILES string of the molecule is CC(C)N(CCC#N)C(=O)c1ccc(C#CCCO)s1. The molecule has 0 radical (unpaired) electrons. The maximum atomic E-state index is 12.4. The Labute approximate surface area is 123 Å². The first kappa shape index (κ1) is 16.2. The third-order valence-corrected chi connectivity index (χ3v) is 3.60. The normalized spacial score (nSPS) is 9.75. The van der Waals surface area contributed by atoms with Crippen LogP contribution in [0.4, 0.5) is 0 Å². The molecule has 1 aromatic heterocycles. The van der Waals surface area contributed by atoms with E-state index >= 15 is 0 Å². The monoisotopic (exact) mass is 290 g/mol. The van der Waals surface area contributed by atoms with Gasteiger partial charge in [0.1, 0.15) is 0 Å². The zero-order valence-corrected chi connectivity index (χ0v) is 12.5. The number of rotatable bonds is 5. The van der Waals surface area contributed by atoms with Gasteiger partial charge in [0.25, 0.3) is 5.91 Å².